The molecular weight excluding hydrogens is 284 g/mol. The van der Waals surface area contributed by atoms with Crippen LogP contribution in [0.5, 0.6) is 0 Å². The highest BCUT2D eigenvalue weighted by atomic mass is 32.1. The zero-order chi connectivity index (χ0) is 14.8. The summed E-state index contributed by atoms with van der Waals surface area (Å²) >= 11 is 1.40. The molecule has 1 saturated heterocycles. The van der Waals surface area contributed by atoms with Crippen LogP contribution in [-0.2, 0) is 4.74 Å². The van der Waals surface area contributed by atoms with Gasteiger partial charge in [0.1, 0.15) is 5.69 Å². The van der Waals surface area contributed by atoms with Gasteiger partial charge in [-0.15, -0.1) is 0 Å². The molecule has 1 aromatic heterocycles. The van der Waals surface area contributed by atoms with Gasteiger partial charge in [-0.05, 0) is 43.9 Å². The lowest BCUT2D eigenvalue weighted by molar-refractivity contribution is 0.0760. The predicted molar refractivity (Wildman–Crippen MR) is 84.9 cm³/mol. The van der Waals surface area contributed by atoms with Crippen LogP contribution in [0.4, 0.5) is 0 Å². The van der Waals surface area contributed by atoms with Gasteiger partial charge >= 0.3 is 0 Å². The number of benzene rings is 1. The maximum absolute atomic E-state index is 12.7. The van der Waals surface area contributed by atoms with E-state index in [0.29, 0.717) is 11.6 Å². The van der Waals surface area contributed by atoms with Gasteiger partial charge in [-0.25, -0.2) is 0 Å². The fraction of sp³-hybridized carbons (Fsp3) is 0.500. The first-order chi connectivity index (χ1) is 10.2. The average Bonchev–Trinajstić information content (AvgIpc) is 3.10. The number of likely N-dealkylation sites (tertiary alicyclic amines) is 1. The largest absolute Gasteiger partial charge is 0.381 e. The molecule has 0 radical (unpaired) electrons. The van der Waals surface area contributed by atoms with Gasteiger partial charge in [-0.3, -0.25) is 4.79 Å². The van der Waals surface area contributed by atoms with Gasteiger partial charge in [0.2, 0.25) is 0 Å². The second-order valence-corrected chi connectivity index (χ2v) is 6.40. The van der Waals surface area contributed by atoms with E-state index in [4.69, 9.17) is 4.74 Å². The van der Waals surface area contributed by atoms with E-state index in [1.165, 1.54) is 11.5 Å². The molecule has 2 heterocycles. The van der Waals surface area contributed by atoms with Crippen molar-refractivity contribution in [1.29, 1.82) is 0 Å². The van der Waals surface area contributed by atoms with Gasteiger partial charge in [-0.1, -0.05) is 11.6 Å². The van der Waals surface area contributed by atoms with Gasteiger partial charge in [0.15, 0.2) is 0 Å². The van der Waals surface area contributed by atoms with Crippen molar-refractivity contribution in [3.05, 3.63) is 29.5 Å². The summed E-state index contributed by atoms with van der Waals surface area (Å²) in [4.78, 5) is 14.6. The van der Waals surface area contributed by atoms with Crippen molar-refractivity contribution >= 4 is 27.5 Å². The van der Waals surface area contributed by atoms with Crippen molar-refractivity contribution in [3.8, 4) is 0 Å². The maximum atomic E-state index is 12.7. The molecule has 0 bridgehead atoms. The number of amides is 1. The van der Waals surface area contributed by atoms with Crippen LogP contribution in [0.3, 0.4) is 0 Å². The van der Waals surface area contributed by atoms with Gasteiger partial charge in [-0.2, -0.15) is 4.37 Å². The number of aryl methyl sites for hydroxylation is 1. The lowest BCUT2D eigenvalue weighted by Crippen LogP contribution is -2.29. The summed E-state index contributed by atoms with van der Waals surface area (Å²) in [6.45, 7) is 7.11. The topological polar surface area (TPSA) is 42.4 Å². The van der Waals surface area contributed by atoms with Crippen LogP contribution in [0.15, 0.2) is 18.2 Å². The molecular formula is C16H20N2O2S. The van der Waals surface area contributed by atoms with E-state index in [1.54, 1.807) is 0 Å². The van der Waals surface area contributed by atoms with Gasteiger partial charge in [0, 0.05) is 31.0 Å². The Balaban J connectivity index is 1.77. The van der Waals surface area contributed by atoms with Crippen molar-refractivity contribution in [3.63, 3.8) is 0 Å². The molecule has 2 aromatic rings. The molecule has 3 rings (SSSR count). The zero-order valence-corrected chi connectivity index (χ0v) is 13.3. The Morgan fingerprint density at radius 3 is 3.19 bits per heavy atom. The third-order valence-corrected chi connectivity index (χ3v) is 4.79. The maximum Gasteiger partial charge on any atom is 0.274 e. The molecule has 4 nitrogen and oxygen atoms in total. The van der Waals surface area contributed by atoms with Crippen molar-refractivity contribution < 1.29 is 9.53 Å². The third-order valence-electron chi connectivity index (χ3n) is 3.96. The number of rotatable bonds is 4. The Morgan fingerprint density at radius 1 is 1.52 bits per heavy atom. The van der Waals surface area contributed by atoms with Crippen molar-refractivity contribution in [2.24, 2.45) is 5.92 Å². The van der Waals surface area contributed by atoms with Crippen LogP contribution in [0.25, 0.3) is 10.1 Å². The van der Waals surface area contributed by atoms with Crippen molar-refractivity contribution in [2.45, 2.75) is 20.3 Å². The van der Waals surface area contributed by atoms with Crippen molar-refractivity contribution in [2.75, 3.05) is 26.3 Å². The molecule has 0 aliphatic carbocycles. The van der Waals surface area contributed by atoms with Crippen LogP contribution in [0.1, 0.15) is 29.4 Å². The van der Waals surface area contributed by atoms with E-state index in [1.807, 2.05) is 24.8 Å². The number of ether oxygens (including phenoxy) is 1. The third kappa shape index (κ3) is 2.94. The molecule has 0 spiro atoms. The minimum absolute atomic E-state index is 0.0610. The number of carbonyl (C=O) groups is 1. The smallest absolute Gasteiger partial charge is 0.274 e. The molecule has 5 heteroatoms. The zero-order valence-electron chi connectivity index (χ0n) is 12.5. The van der Waals surface area contributed by atoms with Gasteiger partial charge in [0.05, 0.1) is 11.3 Å². The normalized spacial score (nSPS) is 18.6. The van der Waals surface area contributed by atoms with E-state index in [9.17, 15) is 4.79 Å². The molecule has 1 aliphatic heterocycles. The van der Waals surface area contributed by atoms with E-state index < -0.39 is 0 Å². The first kappa shape index (κ1) is 14.5. The summed E-state index contributed by atoms with van der Waals surface area (Å²) in [6, 6.07) is 6.16. The SMILES string of the molecule is CCOC[C@H]1CCN(C(=O)c2nsc3ccc(C)cc23)C1. The van der Waals surface area contributed by atoms with Crippen LogP contribution in [0, 0.1) is 12.8 Å². The molecule has 1 aliphatic rings. The van der Waals surface area contributed by atoms with Gasteiger partial charge in [0.25, 0.3) is 5.91 Å². The standard InChI is InChI=1S/C16H20N2O2S/c1-3-20-10-12-6-7-18(9-12)16(19)15-13-8-11(2)4-5-14(13)21-17-15/h4-5,8,12H,3,6-7,9-10H2,1-2H3/t12-/m0/s1. The second-order valence-electron chi connectivity index (χ2n) is 5.60. The first-order valence-electron chi connectivity index (χ1n) is 7.42. The highest BCUT2D eigenvalue weighted by Crippen LogP contribution is 2.27. The number of fused-ring (bicyclic) bond motifs is 1. The number of hydrogen-bond acceptors (Lipinski definition) is 4. The Kier molecular flexibility index (Phi) is 4.22. The van der Waals surface area contributed by atoms with E-state index in [0.717, 1.165) is 48.4 Å². The Morgan fingerprint density at radius 2 is 2.38 bits per heavy atom. The van der Waals surface area contributed by atoms with Crippen LogP contribution >= 0.6 is 11.5 Å². The molecule has 1 atom stereocenters. The predicted octanol–water partition coefficient (Wildman–Crippen LogP) is 3.10. The Labute approximate surface area is 128 Å². The fourth-order valence-corrected chi connectivity index (χ4v) is 3.54. The summed E-state index contributed by atoms with van der Waals surface area (Å²) in [5, 5.41) is 0.984. The number of nitrogens with zero attached hydrogens (tertiary/aromatic N) is 2. The highest BCUT2D eigenvalue weighted by molar-refractivity contribution is 7.13. The summed E-state index contributed by atoms with van der Waals surface area (Å²) in [5.41, 5.74) is 1.77. The summed E-state index contributed by atoms with van der Waals surface area (Å²) in [5.74, 6) is 0.520. The van der Waals surface area contributed by atoms with Crippen LogP contribution < -0.4 is 0 Å². The van der Waals surface area contributed by atoms with E-state index >= 15 is 0 Å². The quantitative estimate of drug-likeness (QED) is 0.871. The first-order valence-corrected chi connectivity index (χ1v) is 8.19. The van der Waals surface area contributed by atoms with Crippen LogP contribution in [0.2, 0.25) is 0 Å². The second kappa shape index (κ2) is 6.12. The molecule has 21 heavy (non-hydrogen) atoms. The monoisotopic (exact) mass is 304 g/mol. The fourth-order valence-electron chi connectivity index (χ4n) is 2.79. The molecule has 1 aromatic carbocycles. The summed E-state index contributed by atoms with van der Waals surface area (Å²) < 4.78 is 10.9. The van der Waals surface area contributed by atoms with E-state index in [-0.39, 0.29) is 5.91 Å². The highest BCUT2D eigenvalue weighted by Gasteiger charge is 2.29. The minimum Gasteiger partial charge on any atom is -0.381 e. The Hall–Kier alpha value is -1.46. The molecule has 1 amide bonds. The van der Waals surface area contributed by atoms with Crippen LogP contribution in [-0.4, -0.2) is 41.5 Å². The molecule has 0 saturated carbocycles. The summed E-state index contributed by atoms with van der Waals surface area (Å²) in [6.07, 6.45) is 1.02. The molecule has 0 unspecified atom stereocenters. The molecule has 112 valence electrons. The molecule has 0 N–H and O–H groups in total. The lowest BCUT2D eigenvalue weighted by atomic mass is 10.1. The van der Waals surface area contributed by atoms with Crippen molar-refractivity contribution in [1.82, 2.24) is 9.27 Å². The average molecular weight is 304 g/mol. The van der Waals surface area contributed by atoms with E-state index in [2.05, 4.69) is 16.5 Å². The number of aromatic nitrogens is 1. The summed E-state index contributed by atoms with van der Waals surface area (Å²) in [7, 11) is 0. The molecule has 1 fully saturated rings. The Bertz CT molecular complexity index is 653. The minimum atomic E-state index is 0.0610. The number of carbonyl (C=O) groups excluding carboxylic acids is 1. The number of hydrogen-bond donors (Lipinski definition) is 0. The lowest BCUT2D eigenvalue weighted by Gasteiger charge is -2.15. The van der Waals surface area contributed by atoms with Gasteiger partial charge < -0.3 is 9.64 Å².